The van der Waals surface area contributed by atoms with Gasteiger partial charge in [-0.05, 0) is 48.7 Å². The van der Waals surface area contributed by atoms with Crippen LogP contribution in [0.2, 0.25) is 0 Å². The highest BCUT2D eigenvalue weighted by Crippen LogP contribution is 2.32. The number of benzene rings is 2. The van der Waals surface area contributed by atoms with Crippen LogP contribution < -0.4 is 4.74 Å². The Morgan fingerprint density at radius 2 is 1.79 bits per heavy atom. The van der Waals surface area contributed by atoms with E-state index in [1.807, 2.05) is 64.5 Å². The second-order valence-corrected chi connectivity index (χ2v) is 8.53. The van der Waals surface area contributed by atoms with Gasteiger partial charge in [0.1, 0.15) is 11.9 Å². The molecular formula is C26H28N4O4. The van der Waals surface area contributed by atoms with E-state index >= 15 is 0 Å². The van der Waals surface area contributed by atoms with Gasteiger partial charge in [0.2, 0.25) is 0 Å². The van der Waals surface area contributed by atoms with Crippen molar-refractivity contribution in [3.05, 3.63) is 66.5 Å². The largest absolute Gasteiger partial charge is 0.496 e. The highest BCUT2D eigenvalue weighted by molar-refractivity contribution is 5.95. The molecule has 0 N–H and O–H groups in total. The molecule has 2 aliphatic rings. The third kappa shape index (κ3) is 4.41. The Morgan fingerprint density at radius 1 is 1.03 bits per heavy atom. The van der Waals surface area contributed by atoms with Gasteiger partial charge in [0, 0.05) is 62.4 Å². The maximum absolute atomic E-state index is 13.0. The van der Waals surface area contributed by atoms with Gasteiger partial charge in [0.25, 0.3) is 11.8 Å². The molecule has 0 radical (unpaired) electrons. The minimum absolute atomic E-state index is 0.0169. The highest BCUT2D eigenvalue weighted by Gasteiger charge is 2.31. The Bertz CT molecular complexity index is 1150. The van der Waals surface area contributed by atoms with Crippen molar-refractivity contribution in [2.24, 2.45) is 0 Å². The van der Waals surface area contributed by atoms with Gasteiger partial charge in [-0.3, -0.25) is 9.59 Å². The molecule has 8 nitrogen and oxygen atoms in total. The van der Waals surface area contributed by atoms with Crippen molar-refractivity contribution < 1.29 is 19.1 Å². The number of piperazine rings is 1. The molecular weight excluding hydrogens is 432 g/mol. The number of nitrogens with zero attached hydrogens (tertiary/aromatic N) is 4. The van der Waals surface area contributed by atoms with E-state index < -0.39 is 0 Å². The number of rotatable bonds is 5. The zero-order valence-corrected chi connectivity index (χ0v) is 19.2. The summed E-state index contributed by atoms with van der Waals surface area (Å²) in [5.74, 6) is 0.775. The lowest BCUT2D eigenvalue weighted by molar-refractivity contribution is -0.142. The minimum Gasteiger partial charge on any atom is -0.496 e. The van der Waals surface area contributed by atoms with Crippen LogP contribution in [0.4, 0.5) is 0 Å². The van der Waals surface area contributed by atoms with Crippen LogP contribution >= 0.6 is 0 Å². The summed E-state index contributed by atoms with van der Waals surface area (Å²) in [5.41, 5.74) is 3.45. The van der Waals surface area contributed by atoms with Crippen LogP contribution in [-0.4, -0.2) is 77.4 Å². The first-order valence-corrected chi connectivity index (χ1v) is 11.6. The van der Waals surface area contributed by atoms with Crippen molar-refractivity contribution in [3.8, 4) is 22.6 Å². The van der Waals surface area contributed by atoms with Crippen LogP contribution in [0.25, 0.3) is 16.8 Å². The van der Waals surface area contributed by atoms with Crippen molar-refractivity contribution in [2.45, 2.75) is 18.9 Å². The number of methoxy groups -OCH3 is 1. The maximum atomic E-state index is 13.0. The molecule has 2 aliphatic heterocycles. The van der Waals surface area contributed by atoms with Crippen LogP contribution in [0.5, 0.6) is 5.75 Å². The first-order chi connectivity index (χ1) is 16.6. The average Bonchev–Trinajstić information content (AvgIpc) is 3.63. The number of aromatic nitrogens is 2. The van der Waals surface area contributed by atoms with Gasteiger partial charge in [-0.15, -0.1) is 0 Å². The minimum atomic E-state index is -0.305. The Kier molecular flexibility index (Phi) is 6.31. The second kappa shape index (κ2) is 9.69. The molecule has 3 aromatic rings. The Balaban J connectivity index is 1.25. The van der Waals surface area contributed by atoms with E-state index in [0.29, 0.717) is 38.3 Å². The molecule has 0 unspecified atom stereocenters. The summed E-state index contributed by atoms with van der Waals surface area (Å²) in [6.07, 6.45) is 5.04. The van der Waals surface area contributed by atoms with Crippen molar-refractivity contribution in [1.29, 1.82) is 0 Å². The molecule has 2 fully saturated rings. The number of ether oxygens (including phenoxy) is 2. The molecule has 1 aromatic heterocycles. The summed E-state index contributed by atoms with van der Waals surface area (Å²) < 4.78 is 12.9. The van der Waals surface area contributed by atoms with Crippen molar-refractivity contribution in [2.75, 3.05) is 39.9 Å². The molecule has 2 aromatic carbocycles. The fourth-order valence-corrected chi connectivity index (χ4v) is 4.56. The molecule has 0 saturated carbocycles. The van der Waals surface area contributed by atoms with E-state index in [1.165, 1.54) is 0 Å². The van der Waals surface area contributed by atoms with Gasteiger partial charge in [0.05, 0.1) is 12.8 Å². The van der Waals surface area contributed by atoms with Gasteiger partial charge < -0.3 is 19.3 Å². The highest BCUT2D eigenvalue weighted by atomic mass is 16.5. The van der Waals surface area contributed by atoms with E-state index in [9.17, 15) is 9.59 Å². The van der Waals surface area contributed by atoms with E-state index in [4.69, 9.17) is 9.47 Å². The van der Waals surface area contributed by atoms with E-state index in [0.717, 1.165) is 35.4 Å². The lowest BCUT2D eigenvalue weighted by atomic mass is 10.0. The number of amides is 2. The fourth-order valence-electron chi connectivity index (χ4n) is 4.56. The zero-order valence-electron chi connectivity index (χ0n) is 19.2. The lowest BCUT2D eigenvalue weighted by Gasteiger charge is -2.35. The normalized spacial score (nSPS) is 18.2. The summed E-state index contributed by atoms with van der Waals surface area (Å²) >= 11 is 0. The number of carbonyl (C=O) groups excluding carboxylic acids is 2. The molecule has 176 valence electrons. The molecule has 34 heavy (non-hydrogen) atoms. The number of hydrogen-bond acceptors (Lipinski definition) is 5. The van der Waals surface area contributed by atoms with Crippen molar-refractivity contribution in [1.82, 2.24) is 19.6 Å². The number of hydrogen-bond donors (Lipinski definition) is 0. The van der Waals surface area contributed by atoms with Gasteiger partial charge in [-0.1, -0.05) is 12.1 Å². The Hall–Kier alpha value is -3.65. The molecule has 0 bridgehead atoms. The molecule has 5 rings (SSSR count). The van der Waals surface area contributed by atoms with Crippen LogP contribution in [-0.2, 0) is 9.53 Å². The van der Waals surface area contributed by atoms with E-state index in [-0.39, 0.29) is 17.9 Å². The third-order valence-electron chi connectivity index (χ3n) is 6.48. The third-order valence-corrected chi connectivity index (χ3v) is 6.48. The molecule has 2 saturated heterocycles. The topological polar surface area (TPSA) is 76.9 Å². The van der Waals surface area contributed by atoms with Gasteiger partial charge in [0.15, 0.2) is 0 Å². The fraction of sp³-hybridized carbons (Fsp3) is 0.346. The summed E-state index contributed by atoms with van der Waals surface area (Å²) in [5, 5.41) is 4.26. The molecule has 0 spiro atoms. The number of carbonyl (C=O) groups is 2. The second-order valence-electron chi connectivity index (χ2n) is 8.53. The van der Waals surface area contributed by atoms with Crippen LogP contribution in [0.15, 0.2) is 60.9 Å². The zero-order chi connectivity index (χ0) is 23.5. The molecule has 1 atom stereocenters. The van der Waals surface area contributed by atoms with Gasteiger partial charge in [-0.25, -0.2) is 4.68 Å². The Labute approximate surface area is 198 Å². The van der Waals surface area contributed by atoms with Crippen LogP contribution in [0.3, 0.4) is 0 Å². The van der Waals surface area contributed by atoms with Crippen molar-refractivity contribution in [3.63, 3.8) is 0 Å². The van der Waals surface area contributed by atoms with Crippen LogP contribution in [0, 0.1) is 0 Å². The smallest absolute Gasteiger partial charge is 0.253 e. The molecule has 2 amide bonds. The predicted octanol–water partition coefficient (Wildman–Crippen LogP) is 3.01. The predicted molar refractivity (Wildman–Crippen MR) is 127 cm³/mol. The maximum Gasteiger partial charge on any atom is 0.253 e. The standard InChI is InChI=1S/C26H28N4O4/c1-33-24-18-21(30-12-3-11-27-30)9-10-22(24)19-5-7-20(8-6-19)25(31)28-13-15-29(16-14-28)26(32)23-4-2-17-34-23/h3,5-12,18,23H,2,4,13-17H2,1H3/t23-/m0/s1. The van der Waals surface area contributed by atoms with Crippen LogP contribution in [0.1, 0.15) is 23.2 Å². The monoisotopic (exact) mass is 460 g/mol. The van der Waals surface area contributed by atoms with Gasteiger partial charge >= 0.3 is 0 Å². The SMILES string of the molecule is COc1cc(-n2cccn2)ccc1-c1ccc(C(=O)N2CCN(C(=O)[C@@H]3CCCO3)CC2)cc1. The first-order valence-electron chi connectivity index (χ1n) is 11.6. The van der Waals surface area contributed by atoms with Crippen molar-refractivity contribution >= 4 is 11.8 Å². The summed E-state index contributed by atoms with van der Waals surface area (Å²) in [6.45, 7) is 2.80. The summed E-state index contributed by atoms with van der Waals surface area (Å²) in [7, 11) is 1.65. The lowest BCUT2D eigenvalue weighted by Crippen LogP contribution is -2.52. The van der Waals surface area contributed by atoms with E-state index in [1.54, 1.807) is 18.0 Å². The summed E-state index contributed by atoms with van der Waals surface area (Å²) in [4.78, 5) is 29.2. The van der Waals surface area contributed by atoms with E-state index in [2.05, 4.69) is 5.10 Å². The molecule has 0 aliphatic carbocycles. The summed E-state index contributed by atoms with van der Waals surface area (Å²) in [6, 6.07) is 15.4. The molecule has 8 heteroatoms. The molecule has 3 heterocycles. The average molecular weight is 461 g/mol. The quantitative estimate of drug-likeness (QED) is 0.585. The van der Waals surface area contributed by atoms with Gasteiger partial charge in [-0.2, -0.15) is 5.10 Å². The first kappa shape index (κ1) is 22.2. The Morgan fingerprint density at radius 3 is 2.44 bits per heavy atom.